The quantitative estimate of drug-likeness (QED) is 0.893. The van der Waals surface area contributed by atoms with E-state index in [1.807, 2.05) is 37.3 Å². The molecule has 1 fully saturated rings. The number of halogens is 1. The van der Waals surface area contributed by atoms with Gasteiger partial charge in [-0.1, -0.05) is 55.3 Å². The molecule has 1 saturated heterocycles. The van der Waals surface area contributed by atoms with Crippen LogP contribution < -0.4 is 5.32 Å². The summed E-state index contributed by atoms with van der Waals surface area (Å²) in [5, 5.41) is 3.22. The molecule has 0 bridgehead atoms. The molecule has 0 saturated carbocycles. The summed E-state index contributed by atoms with van der Waals surface area (Å²) in [4.78, 5) is 11.2. The van der Waals surface area contributed by atoms with Crippen LogP contribution in [0.15, 0.2) is 36.0 Å². The van der Waals surface area contributed by atoms with Crippen molar-refractivity contribution in [2.24, 2.45) is 0 Å². The first kappa shape index (κ1) is 12.0. The zero-order valence-electron chi connectivity index (χ0n) is 9.57. The van der Waals surface area contributed by atoms with Crippen molar-refractivity contribution < 1.29 is 9.53 Å². The molecule has 1 aromatic carbocycles. The Morgan fingerprint density at radius 3 is 2.76 bits per heavy atom. The fourth-order valence-electron chi connectivity index (χ4n) is 1.81. The SMILES string of the molecule is CCC[C@@H]1OC(=O)N/C1=C(\Cl)c1ccccc1. The third-order valence-corrected chi connectivity index (χ3v) is 3.04. The Morgan fingerprint density at radius 2 is 2.12 bits per heavy atom. The van der Waals surface area contributed by atoms with Crippen LogP contribution in [0.3, 0.4) is 0 Å². The van der Waals surface area contributed by atoms with E-state index in [-0.39, 0.29) is 6.10 Å². The molecule has 3 nitrogen and oxygen atoms in total. The van der Waals surface area contributed by atoms with Gasteiger partial charge < -0.3 is 4.74 Å². The monoisotopic (exact) mass is 251 g/mol. The second-order valence-corrected chi connectivity index (χ2v) is 4.28. The summed E-state index contributed by atoms with van der Waals surface area (Å²) in [6.45, 7) is 2.04. The van der Waals surface area contributed by atoms with Gasteiger partial charge >= 0.3 is 6.09 Å². The van der Waals surface area contributed by atoms with Gasteiger partial charge in [-0.05, 0) is 12.0 Å². The summed E-state index contributed by atoms with van der Waals surface area (Å²) in [7, 11) is 0. The molecule has 0 unspecified atom stereocenters. The molecule has 1 heterocycles. The van der Waals surface area contributed by atoms with Gasteiger partial charge in [-0.15, -0.1) is 0 Å². The molecule has 1 atom stereocenters. The highest BCUT2D eigenvalue weighted by atomic mass is 35.5. The maximum atomic E-state index is 11.2. The minimum Gasteiger partial charge on any atom is -0.440 e. The van der Waals surface area contributed by atoms with E-state index in [9.17, 15) is 4.79 Å². The van der Waals surface area contributed by atoms with Crippen molar-refractivity contribution >= 4 is 22.7 Å². The van der Waals surface area contributed by atoms with Crippen molar-refractivity contribution in [3.05, 3.63) is 41.6 Å². The van der Waals surface area contributed by atoms with E-state index in [1.165, 1.54) is 0 Å². The number of hydrogen-bond donors (Lipinski definition) is 1. The van der Waals surface area contributed by atoms with E-state index in [2.05, 4.69) is 5.32 Å². The highest BCUT2D eigenvalue weighted by Gasteiger charge is 2.30. The highest BCUT2D eigenvalue weighted by molar-refractivity contribution is 6.49. The van der Waals surface area contributed by atoms with E-state index >= 15 is 0 Å². The maximum Gasteiger partial charge on any atom is 0.412 e. The molecule has 0 spiro atoms. The first-order valence-electron chi connectivity index (χ1n) is 5.65. The Bertz CT molecular complexity index is 442. The van der Waals surface area contributed by atoms with E-state index in [0.717, 1.165) is 18.4 Å². The van der Waals surface area contributed by atoms with Crippen LogP contribution in [0.5, 0.6) is 0 Å². The molecule has 2 rings (SSSR count). The van der Waals surface area contributed by atoms with Crippen molar-refractivity contribution in [2.45, 2.75) is 25.9 Å². The van der Waals surface area contributed by atoms with E-state index in [4.69, 9.17) is 16.3 Å². The van der Waals surface area contributed by atoms with Crippen LogP contribution in [-0.4, -0.2) is 12.2 Å². The molecule has 17 heavy (non-hydrogen) atoms. The summed E-state index contributed by atoms with van der Waals surface area (Å²) in [5.74, 6) is 0. The first-order valence-corrected chi connectivity index (χ1v) is 6.03. The molecule has 0 aromatic heterocycles. The normalized spacial score (nSPS) is 22.0. The predicted octanol–water partition coefficient (Wildman–Crippen LogP) is 3.50. The van der Waals surface area contributed by atoms with Gasteiger partial charge in [0.05, 0.1) is 10.7 Å². The molecule has 1 aromatic rings. The van der Waals surface area contributed by atoms with Gasteiger partial charge in [0.2, 0.25) is 0 Å². The minimum absolute atomic E-state index is 0.250. The smallest absolute Gasteiger partial charge is 0.412 e. The fourth-order valence-corrected chi connectivity index (χ4v) is 2.10. The number of nitrogens with one attached hydrogen (secondary N) is 1. The lowest BCUT2D eigenvalue weighted by atomic mass is 10.1. The van der Waals surface area contributed by atoms with E-state index in [1.54, 1.807) is 0 Å². The summed E-state index contributed by atoms with van der Waals surface area (Å²) < 4.78 is 5.16. The van der Waals surface area contributed by atoms with Crippen LogP contribution in [-0.2, 0) is 4.74 Å². The topological polar surface area (TPSA) is 38.3 Å². The molecule has 4 heteroatoms. The van der Waals surface area contributed by atoms with Gasteiger partial charge in [0, 0.05) is 0 Å². The minimum atomic E-state index is -0.424. The van der Waals surface area contributed by atoms with Crippen LogP contribution in [0, 0.1) is 0 Å². The van der Waals surface area contributed by atoms with Gasteiger partial charge in [0.15, 0.2) is 0 Å². The summed E-state index contributed by atoms with van der Waals surface area (Å²) >= 11 is 6.29. The van der Waals surface area contributed by atoms with E-state index in [0.29, 0.717) is 10.7 Å². The average Bonchev–Trinajstić information content (AvgIpc) is 2.71. The molecule has 1 N–H and O–H groups in total. The Hall–Kier alpha value is -1.48. The number of hydrogen-bond acceptors (Lipinski definition) is 2. The van der Waals surface area contributed by atoms with Crippen LogP contribution in [0.25, 0.3) is 5.03 Å². The van der Waals surface area contributed by atoms with Gasteiger partial charge in [-0.25, -0.2) is 4.79 Å². The lowest BCUT2D eigenvalue weighted by molar-refractivity contribution is 0.141. The molecule has 1 aliphatic heterocycles. The summed E-state index contributed by atoms with van der Waals surface area (Å²) in [5.41, 5.74) is 1.56. The van der Waals surface area contributed by atoms with Crippen molar-refractivity contribution in [1.29, 1.82) is 0 Å². The van der Waals surface area contributed by atoms with Crippen LogP contribution in [0.2, 0.25) is 0 Å². The van der Waals surface area contributed by atoms with Gasteiger partial charge in [-0.2, -0.15) is 0 Å². The highest BCUT2D eigenvalue weighted by Crippen LogP contribution is 2.29. The van der Waals surface area contributed by atoms with Crippen molar-refractivity contribution in [1.82, 2.24) is 5.32 Å². The number of amides is 1. The number of carbonyl (C=O) groups excluding carboxylic acids is 1. The third kappa shape index (κ3) is 2.61. The Morgan fingerprint density at radius 1 is 1.41 bits per heavy atom. The van der Waals surface area contributed by atoms with Crippen molar-refractivity contribution in [2.75, 3.05) is 0 Å². The lowest BCUT2D eigenvalue weighted by Crippen LogP contribution is -2.14. The van der Waals surface area contributed by atoms with Gasteiger partial charge in [0.1, 0.15) is 6.10 Å². The third-order valence-electron chi connectivity index (χ3n) is 2.62. The molecular weight excluding hydrogens is 238 g/mol. The van der Waals surface area contributed by atoms with Crippen LogP contribution in [0.1, 0.15) is 25.3 Å². The van der Waals surface area contributed by atoms with E-state index < -0.39 is 6.09 Å². The van der Waals surface area contributed by atoms with Crippen molar-refractivity contribution in [3.8, 4) is 0 Å². The van der Waals surface area contributed by atoms with Crippen molar-refractivity contribution in [3.63, 3.8) is 0 Å². The maximum absolute atomic E-state index is 11.2. The second-order valence-electron chi connectivity index (χ2n) is 3.90. The zero-order valence-corrected chi connectivity index (χ0v) is 10.3. The number of alkyl carbamates (subject to hydrolysis) is 1. The number of carbonyl (C=O) groups is 1. The molecule has 0 aliphatic carbocycles. The molecular formula is C13H14ClNO2. The first-order chi connectivity index (χ1) is 8.22. The standard InChI is InChI=1S/C13H14ClNO2/c1-2-6-10-12(15-13(16)17-10)11(14)9-7-4-3-5-8-9/h3-5,7-8,10H,2,6H2,1H3,(H,15,16)/b12-11-/t10-/m0/s1. The summed E-state index contributed by atoms with van der Waals surface area (Å²) in [6.07, 6.45) is 1.03. The number of rotatable bonds is 3. The Kier molecular flexibility index (Phi) is 3.69. The van der Waals surface area contributed by atoms with Gasteiger partial charge in [0.25, 0.3) is 0 Å². The predicted molar refractivity (Wildman–Crippen MR) is 67.5 cm³/mol. The largest absolute Gasteiger partial charge is 0.440 e. The zero-order chi connectivity index (χ0) is 12.3. The number of ether oxygens (including phenoxy) is 1. The Balaban J connectivity index is 2.32. The summed E-state index contributed by atoms with van der Waals surface area (Å²) in [6, 6.07) is 9.55. The molecule has 1 aliphatic rings. The number of benzene rings is 1. The fraction of sp³-hybridized carbons (Fsp3) is 0.308. The average molecular weight is 252 g/mol. The van der Waals surface area contributed by atoms with Crippen LogP contribution in [0.4, 0.5) is 4.79 Å². The lowest BCUT2D eigenvalue weighted by Gasteiger charge is -2.10. The van der Waals surface area contributed by atoms with Gasteiger partial charge in [-0.3, -0.25) is 5.32 Å². The second kappa shape index (κ2) is 5.23. The van der Waals surface area contributed by atoms with Crippen LogP contribution >= 0.6 is 11.6 Å². The molecule has 1 amide bonds. The number of cyclic esters (lactones) is 1. The molecule has 90 valence electrons. The Labute approximate surface area is 105 Å². The molecule has 0 radical (unpaired) electrons.